The number of benzene rings is 1. The van der Waals surface area contributed by atoms with Crippen LogP contribution in [0.3, 0.4) is 0 Å². The molecule has 1 amide bonds. The van der Waals surface area contributed by atoms with E-state index in [1.54, 1.807) is 14.2 Å². The van der Waals surface area contributed by atoms with Gasteiger partial charge in [0.2, 0.25) is 5.91 Å². The Hall–Kier alpha value is -1.75. The van der Waals surface area contributed by atoms with Gasteiger partial charge in [-0.1, -0.05) is 12.5 Å². The van der Waals surface area contributed by atoms with Crippen LogP contribution in [-0.2, 0) is 11.2 Å². The molecule has 0 saturated carbocycles. The summed E-state index contributed by atoms with van der Waals surface area (Å²) in [5.74, 6) is 1.37. The molecule has 5 heteroatoms. The standard InChI is InChI=1S/C18H28N2O3/c1-14(20-9-5-4-6-10-20)13-19-18(21)12-15-7-8-16(22-2)17(11-15)23-3/h7-8,11,14H,4-6,9-10,12-13H2,1-3H3,(H,19,21). The lowest BCUT2D eigenvalue weighted by Gasteiger charge is -2.32. The Morgan fingerprint density at radius 2 is 1.87 bits per heavy atom. The lowest BCUT2D eigenvalue weighted by molar-refractivity contribution is -0.120. The molecule has 1 aromatic rings. The summed E-state index contributed by atoms with van der Waals surface area (Å²) in [7, 11) is 3.20. The van der Waals surface area contributed by atoms with E-state index in [2.05, 4.69) is 17.1 Å². The highest BCUT2D eigenvalue weighted by Crippen LogP contribution is 2.27. The van der Waals surface area contributed by atoms with Crippen LogP contribution in [0, 0.1) is 0 Å². The predicted octanol–water partition coefficient (Wildman–Crippen LogP) is 2.24. The Balaban J connectivity index is 1.82. The zero-order valence-corrected chi connectivity index (χ0v) is 14.4. The molecule has 1 N–H and O–H groups in total. The molecule has 0 bridgehead atoms. The van der Waals surface area contributed by atoms with Gasteiger partial charge in [-0.25, -0.2) is 0 Å². The van der Waals surface area contributed by atoms with Crippen LogP contribution in [0.4, 0.5) is 0 Å². The zero-order valence-electron chi connectivity index (χ0n) is 14.4. The first-order chi connectivity index (χ1) is 11.1. The van der Waals surface area contributed by atoms with E-state index in [-0.39, 0.29) is 5.91 Å². The third-order valence-electron chi connectivity index (χ3n) is 4.42. The van der Waals surface area contributed by atoms with Gasteiger partial charge in [-0.2, -0.15) is 0 Å². The van der Waals surface area contributed by atoms with Gasteiger partial charge in [-0.15, -0.1) is 0 Å². The number of nitrogens with one attached hydrogen (secondary N) is 1. The number of hydrogen-bond donors (Lipinski definition) is 1. The van der Waals surface area contributed by atoms with E-state index in [0.717, 1.165) is 18.7 Å². The van der Waals surface area contributed by atoms with E-state index < -0.39 is 0 Å². The van der Waals surface area contributed by atoms with Crippen molar-refractivity contribution in [1.29, 1.82) is 0 Å². The van der Waals surface area contributed by atoms with Gasteiger partial charge in [0.05, 0.1) is 20.6 Å². The van der Waals surface area contributed by atoms with Gasteiger partial charge in [0, 0.05) is 12.6 Å². The number of carbonyl (C=O) groups excluding carboxylic acids is 1. The normalized spacial score (nSPS) is 16.7. The summed E-state index contributed by atoms with van der Waals surface area (Å²) in [6, 6.07) is 5.98. The van der Waals surface area contributed by atoms with Crippen molar-refractivity contribution in [3.63, 3.8) is 0 Å². The van der Waals surface area contributed by atoms with Crippen LogP contribution in [0.5, 0.6) is 11.5 Å². The van der Waals surface area contributed by atoms with Gasteiger partial charge in [-0.3, -0.25) is 9.69 Å². The third kappa shape index (κ3) is 5.13. The number of hydrogen-bond acceptors (Lipinski definition) is 4. The highest BCUT2D eigenvalue weighted by molar-refractivity contribution is 5.78. The number of ether oxygens (including phenoxy) is 2. The molecule has 0 aromatic heterocycles. The maximum atomic E-state index is 12.2. The average Bonchev–Trinajstić information content (AvgIpc) is 2.60. The average molecular weight is 320 g/mol. The van der Waals surface area contributed by atoms with Crippen LogP contribution < -0.4 is 14.8 Å². The first-order valence-corrected chi connectivity index (χ1v) is 8.35. The smallest absolute Gasteiger partial charge is 0.224 e. The fourth-order valence-corrected chi connectivity index (χ4v) is 2.99. The fourth-order valence-electron chi connectivity index (χ4n) is 2.99. The minimum Gasteiger partial charge on any atom is -0.493 e. The molecular formula is C18H28N2O3. The number of piperidine rings is 1. The molecule has 2 rings (SSSR count). The molecule has 1 aliphatic rings. The van der Waals surface area contributed by atoms with Crippen molar-refractivity contribution >= 4 is 5.91 Å². The number of carbonyl (C=O) groups is 1. The molecule has 1 unspecified atom stereocenters. The molecule has 23 heavy (non-hydrogen) atoms. The van der Waals surface area contributed by atoms with Crippen LogP contribution in [0.15, 0.2) is 18.2 Å². The van der Waals surface area contributed by atoms with E-state index in [1.807, 2.05) is 18.2 Å². The SMILES string of the molecule is COc1ccc(CC(=O)NCC(C)N2CCCCC2)cc1OC. The Kier molecular flexibility index (Phi) is 6.71. The van der Waals surface area contributed by atoms with Crippen molar-refractivity contribution in [2.24, 2.45) is 0 Å². The molecule has 128 valence electrons. The Bertz CT molecular complexity index is 513. The number of likely N-dealkylation sites (tertiary alicyclic amines) is 1. The van der Waals surface area contributed by atoms with Crippen molar-refractivity contribution in [2.75, 3.05) is 33.9 Å². The minimum absolute atomic E-state index is 0.0427. The third-order valence-corrected chi connectivity index (χ3v) is 4.42. The molecule has 0 aliphatic carbocycles. The second-order valence-corrected chi connectivity index (χ2v) is 6.12. The fraction of sp³-hybridized carbons (Fsp3) is 0.611. The van der Waals surface area contributed by atoms with Crippen molar-refractivity contribution in [2.45, 2.75) is 38.6 Å². The summed E-state index contributed by atoms with van der Waals surface area (Å²) in [5.41, 5.74) is 0.922. The molecule has 1 fully saturated rings. The monoisotopic (exact) mass is 320 g/mol. The van der Waals surface area contributed by atoms with Crippen molar-refractivity contribution in [3.8, 4) is 11.5 Å². The van der Waals surface area contributed by atoms with E-state index in [9.17, 15) is 4.79 Å². The van der Waals surface area contributed by atoms with E-state index in [0.29, 0.717) is 30.5 Å². The summed E-state index contributed by atoms with van der Waals surface area (Å²) in [6.45, 7) is 5.17. The Labute approximate surface area is 139 Å². The molecule has 1 heterocycles. The van der Waals surface area contributed by atoms with Crippen molar-refractivity contribution in [3.05, 3.63) is 23.8 Å². The molecule has 1 aliphatic heterocycles. The summed E-state index contributed by atoms with van der Waals surface area (Å²) in [4.78, 5) is 14.6. The van der Waals surface area contributed by atoms with Crippen molar-refractivity contribution in [1.82, 2.24) is 10.2 Å². The van der Waals surface area contributed by atoms with Gasteiger partial charge >= 0.3 is 0 Å². The largest absolute Gasteiger partial charge is 0.493 e. The van der Waals surface area contributed by atoms with E-state index in [4.69, 9.17) is 9.47 Å². The first-order valence-electron chi connectivity index (χ1n) is 8.35. The lowest BCUT2D eigenvalue weighted by Crippen LogP contribution is -2.44. The summed E-state index contributed by atoms with van der Waals surface area (Å²) in [5, 5.41) is 3.04. The molecule has 5 nitrogen and oxygen atoms in total. The minimum atomic E-state index is 0.0427. The number of nitrogens with zero attached hydrogens (tertiary/aromatic N) is 1. The maximum Gasteiger partial charge on any atom is 0.224 e. The van der Waals surface area contributed by atoms with E-state index in [1.165, 1.54) is 19.3 Å². The van der Waals surface area contributed by atoms with Crippen LogP contribution in [0.1, 0.15) is 31.7 Å². The molecule has 1 saturated heterocycles. The number of amides is 1. The zero-order chi connectivity index (χ0) is 16.7. The topological polar surface area (TPSA) is 50.8 Å². The Morgan fingerprint density at radius 3 is 2.52 bits per heavy atom. The predicted molar refractivity (Wildman–Crippen MR) is 91.1 cm³/mol. The van der Waals surface area contributed by atoms with E-state index >= 15 is 0 Å². The van der Waals surface area contributed by atoms with Crippen LogP contribution in [0.2, 0.25) is 0 Å². The van der Waals surface area contributed by atoms with Crippen molar-refractivity contribution < 1.29 is 14.3 Å². The molecule has 0 spiro atoms. The highest BCUT2D eigenvalue weighted by Gasteiger charge is 2.17. The Morgan fingerprint density at radius 1 is 1.17 bits per heavy atom. The molecule has 0 radical (unpaired) electrons. The van der Waals surface area contributed by atoms with Gasteiger partial charge < -0.3 is 14.8 Å². The molecule has 1 atom stereocenters. The lowest BCUT2D eigenvalue weighted by atomic mass is 10.1. The molecule has 1 aromatic carbocycles. The van der Waals surface area contributed by atoms with Gasteiger partial charge in [0.15, 0.2) is 11.5 Å². The van der Waals surface area contributed by atoms with Gasteiger partial charge in [-0.05, 0) is 50.6 Å². The van der Waals surface area contributed by atoms with Gasteiger partial charge in [0.1, 0.15) is 0 Å². The maximum absolute atomic E-state index is 12.2. The van der Waals surface area contributed by atoms with Crippen LogP contribution in [0.25, 0.3) is 0 Å². The number of methoxy groups -OCH3 is 2. The quantitative estimate of drug-likeness (QED) is 0.837. The summed E-state index contributed by atoms with van der Waals surface area (Å²) >= 11 is 0. The summed E-state index contributed by atoms with van der Waals surface area (Å²) in [6.07, 6.45) is 4.22. The van der Waals surface area contributed by atoms with Crippen LogP contribution >= 0.6 is 0 Å². The number of rotatable bonds is 7. The molecular weight excluding hydrogens is 292 g/mol. The first kappa shape index (κ1) is 17.6. The van der Waals surface area contributed by atoms with Gasteiger partial charge in [0.25, 0.3) is 0 Å². The highest BCUT2D eigenvalue weighted by atomic mass is 16.5. The second-order valence-electron chi connectivity index (χ2n) is 6.12. The summed E-state index contributed by atoms with van der Waals surface area (Å²) < 4.78 is 10.5. The second kappa shape index (κ2) is 8.77. The van der Waals surface area contributed by atoms with Crippen LogP contribution in [-0.4, -0.2) is 50.7 Å².